The van der Waals surface area contributed by atoms with Gasteiger partial charge in [-0.25, -0.2) is 0 Å². The van der Waals surface area contributed by atoms with Crippen LogP contribution in [-0.4, -0.2) is 4.98 Å². The first kappa shape index (κ1) is 9.22. The molecule has 0 unspecified atom stereocenters. The molecule has 1 aromatic heterocycles. The number of rotatable bonds is 1. The largest absolute Gasteiger partial charge is 0.252 e. The van der Waals surface area contributed by atoms with Gasteiger partial charge in [0.1, 0.15) is 0 Å². The van der Waals surface area contributed by atoms with E-state index in [-0.39, 0.29) is 0 Å². The lowest BCUT2D eigenvalue weighted by Gasteiger charge is -2.02. The van der Waals surface area contributed by atoms with Crippen LogP contribution in [0.3, 0.4) is 0 Å². The van der Waals surface area contributed by atoms with Crippen LogP contribution in [0.4, 0.5) is 0 Å². The summed E-state index contributed by atoms with van der Waals surface area (Å²) in [4.78, 5) is 4.41. The van der Waals surface area contributed by atoms with Crippen LogP contribution in [0.15, 0.2) is 42.5 Å². The maximum absolute atomic E-state index is 5.91. The Hall–Kier alpha value is -1.34. The van der Waals surface area contributed by atoms with E-state index >= 15 is 0 Å². The van der Waals surface area contributed by atoms with E-state index in [0.717, 1.165) is 17.0 Å². The standard InChI is InChI=1S/C12H10ClN/c1-9-11(13)7-8-12(14-9)10-5-3-2-4-6-10/h2-8H,1H3. The lowest BCUT2D eigenvalue weighted by molar-refractivity contribution is 1.20. The molecular formula is C12H10ClN. The highest BCUT2D eigenvalue weighted by Gasteiger charge is 2.00. The highest BCUT2D eigenvalue weighted by atomic mass is 35.5. The maximum Gasteiger partial charge on any atom is 0.0706 e. The lowest BCUT2D eigenvalue weighted by Crippen LogP contribution is -1.87. The molecule has 14 heavy (non-hydrogen) atoms. The minimum absolute atomic E-state index is 0.713. The average Bonchev–Trinajstić information content (AvgIpc) is 2.23. The van der Waals surface area contributed by atoms with E-state index < -0.39 is 0 Å². The zero-order valence-corrected chi connectivity index (χ0v) is 8.62. The Morgan fingerprint density at radius 3 is 2.36 bits per heavy atom. The third-order valence-electron chi connectivity index (χ3n) is 2.09. The lowest BCUT2D eigenvalue weighted by atomic mass is 10.1. The Morgan fingerprint density at radius 2 is 1.71 bits per heavy atom. The van der Waals surface area contributed by atoms with Gasteiger partial charge in [-0.15, -0.1) is 0 Å². The van der Waals surface area contributed by atoms with Gasteiger partial charge in [-0.05, 0) is 19.1 Å². The summed E-state index contributed by atoms with van der Waals surface area (Å²) in [6.07, 6.45) is 0. The van der Waals surface area contributed by atoms with Crippen LogP contribution < -0.4 is 0 Å². The molecule has 1 heterocycles. The topological polar surface area (TPSA) is 12.9 Å². The second kappa shape index (κ2) is 3.81. The quantitative estimate of drug-likeness (QED) is 0.689. The summed E-state index contributed by atoms with van der Waals surface area (Å²) in [5.74, 6) is 0. The van der Waals surface area contributed by atoms with Crippen LogP contribution in [0, 0.1) is 6.92 Å². The van der Waals surface area contributed by atoms with Gasteiger partial charge in [0, 0.05) is 5.56 Å². The predicted molar refractivity (Wildman–Crippen MR) is 59.4 cm³/mol. The molecule has 1 aromatic carbocycles. The van der Waals surface area contributed by atoms with Gasteiger partial charge in [0.25, 0.3) is 0 Å². The minimum Gasteiger partial charge on any atom is -0.252 e. The second-order valence-electron chi connectivity index (χ2n) is 3.13. The van der Waals surface area contributed by atoms with Gasteiger partial charge in [-0.3, -0.25) is 4.98 Å². The minimum atomic E-state index is 0.713. The molecule has 0 fully saturated rings. The van der Waals surface area contributed by atoms with E-state index in [0.29, 0.717) is 5.02 Å². The van der Waals surface area contributed by atoms with Crippen molar-refractivity contribution in [2.75, 3.05) is 0 Å². The summed E-state index contributed by atoms with van der Waals surface area (Å²) >= 11 is 5.91. The van der Waals surface area contributed by atoms with Crippen molar-refractivity contribution in [3.8, 4) is 11.3 Å². The van der Waals surface area contributed by atoms with E-state index in [4.69, 9.17) is 11.6 Å². The molecule has 1 nitrogen and oxygen atoms in total. The normalized spacial score (nSPS) is 10.1. The van der Waals surface area contributed by atoms with Gasteiger partial charge in [-0.2, -0.15) is 0 Å². The number of aryl methyl sites for hydroxylation is 1. The van der Waals surface area contributed by atoms with Crippen molar-refractivity contribution < 1.29 is 0 Å². The Morgan fingerprint density at radius 1 is 1.00 bits per heavy atom. The molecule has 0 bridgehead atoms. The van der Waals surface area contributed by atoms with Gasteiger partial charge >= 0.3 is 0 Å². The van der Waals surface area contributed by atoms with Crippen molar-refractivity contribution in [2.45, 2.75) is 6.92 Å². The Labute approximate surface area is 88.4 Å². The fourth-order valence-corrected chi connectivity index (χ4v) is 1.42. The van der Waals surface area contributed by atoms with Crippen molar-refractivity contribution in [1.82, 2.24) is 4.98 Å². The number of hydrogen-bond donors (Lipinski definition) is 0. The first-order valence-corrected chi connectivity index (χ1v) is 4.84. The van der Waals surface area contributed by atoms with Gasteiger partial charge in [0.2, 0.25) is 0 Å². The summed E-state index contributed by atoms with van der Waals surface area (Å²) in [5.41, 5.74) is 2.95. The van der Waals surface area contributed by atoms with E-state index in [2.05, 4.69) is 4.98 Å². The van der Waals surface area contributed by atoms with Crippen LogP contribution >= 0.6 is 11.6 Å². The zero-order chi connectivity index (χ0) is 9.97. The van der Waals surface area contributed by atoms with Crippen LogP contribution in [0.1, 0.15) is 5.69 Å². The molecule has 70 valence electrons. The molecule has 0 atom stereocenters. The smallest absolute Gasteiger partial charge is 0.0706 e. The van der Waals surface area contributed by atoms with Gasteiger partial charge < -0.3 is 0 Å². The van der Waals surface area contributed by atoms with Crippen molar-refractivity contribution in [3.63, 3.8) is 0 Å². The van der Waals surface area contributed by atoms with E-state index in [1.54, 1.807) is 0 Å². The number of nitrogens with zero attached hydrogens (tertiary/aromatic N) is 1. The molecule has 0 aliphatic carbocycles. The predicted octanol–water partition coefficient (Wildman–Crippen LogP) is 3.71. The molecule has 0 saturated heterocycles. The molecule has 0 N–H and O–H groups in total. The van der Waals surface area contributed by atoms with Crippen LogP contribution in [0.2, 0.25) is 5.02 Å². The monoisotopic (exact) mass is 203 g/mol. The molecule has 2 heteroatoms. The Kier molecular flexibility index (Phi) is 2.51. The van der Waals surface area contributed by atoms with Crippen molar-refractivity contribution >= 4 is 11.6 Å². The van der Waals surface area contributed by atoms with Crippen molar-refractivity contribution in [3.05, 3.63) is 53.2 Å². The number of pyridine rings is 1. The summed E-state index contributed by atoms with van der Waals surface area (Å²) < 4.78 is 0. The summed E-state index contributed by atoms with van der Waals surface area (Å²) in [7, 11) is 0. The highest BCUT2D eigenvalue weighted by molar-refractivity contribution is 6.31. The number of hydrogen-bond acceptors (Lipinski definition) is 1. The Balaban J connectivity index is 2.48. The molecule has 2 rings (SSSR count). The summed E-state index contributed by atoms with van der Waals surface area (Å²) in [5, 5.41) is 0.713. The summed E-state index contributed by atoms with van der Waals surface area (Å²) in [6.45, 7) is 1.91. The molecule has 0 amide bonds. The third kappa shape index (κ3) is 1.78. The molecule has 0 aliphatic rings. The fourth-order valence-electron chi connectivity index (χ4n) is 1.31. The SMILES string of the molecule is Cc1nc(-c2ccccc2)ccc1Cl. The van der Waals surface area contributed by atoms with Gasteiger partial charge in [-0.1, -0.05) is 41.9 Å². The molecule has 0 aliphatic heterocycles. The Bertz CT molecular complexity index is 437. The van der Waals surface area contributed by atoms with Crippen LogP contribution in [-0.2, 0) is 0 Å². The first-order chi connectivity index (χ1) is 6.77. The second-order valence-corrected chi connectivity index (χ2v) is 3.54. The van der Waals surface area contributed by atoms with Crippen LogP contribution in [0.5, 0.6) is 0 Å². The number of benzene rings is 1. The number of halogens is 1. The van der Waals surface area contributed by atoms with Crippen molar-refractivity contribution in [1.29, 1.82) is 0 Å². The van der Waals surface area contributed by atoms with Gasteiger partial charge in [0.05, 0.1) is 16.4 Å². The zero-order valence-electron chi connectivity index (χ0n) is 7.87. The highest BCUT2D eigenvalue weighted by Crippen LogP contribution is 2.20. The van der Waals surface area contributed by atoms with E-state index in [9.17, 15) is 0 Å². The first-order valence-electron chi connectivity index (χ1n) is 4.46. The maximum atomic E-state index is 5.91. The van der Waals surface area contributed by atoms with E-state index in [1.165, 1.54) is 0 Å². The molecule has 0 spiro atoms. The van der Waals surface area contributed by atoms with Gasteiger partial charge in [0.15, 0.2) is 0 Å². The van der Waals surface area contributed by atoms with Crippen LogP contribution in [0.25, 0.3) is 11.3 Å². The fraction of sp³-hybridized carbons (Fsp3) is 0.0833. The van der Waals surface area contributed by atoms with E-state index in [1.807, 2.05) is 49.4 Å². The van der Waals surface area contributed by atoms with Crippen molar-refractivity contribution in [2.24, 2.45) is 0 Å². The molecule has 2 aromatic rings. The number of aromatic nitrogens is 1. The molecule has 0 saturated carbocycles. The molecular weight excluding hydrogens is 194 g/mol. The summed E-state index contributed by atoms with van der Waals surface area (Å²) in [6, 6.07) is 13.9. The molecule has 0 radical (unpaired) electrons. The average molecular weight is 204 g/mol. The third-order valence-corrected chi connectivity index (χ3v) is 2.49.